The number of hydrogen-bond donors (Lipinski definition) is 0. The van der Waals surface area contributed by atoms with Gasteiger partial charge in [0.05, 0.1) is 5.56 Å². The predicted octanol–water partition coefficient (Wildman–Crippen LogP) is 0.660. The van der Waals surface area contributed by atoms with Crippen LogP contribution in [0.5, 0.6) is 0 Å². The smallest absolute Gasteiger partial charge is 0.319 e. The molecule has 1 saturated heterocycles. The Bertz CT molecular complexity index is 496. The molecule has 20 heavy (non-hydrogen) atoms. The Morgan fingerprint density at radius 1 is 1.15 bits per heavy atom. The Balaban J connectivity index is 1.95. The quantitative estimate of drug-likeness (QED) is 0.710. The van der Waals surface area contributed by atoms with Crippen LogP contribution in [0.1, 0.15) is 10.4 Å². The van der Waals surface area contributed by atoms with Crippen molar-refractivity contribution in [2.24, 2.45) is 0 Å². The molecule has 3 amide bonds. The molecule has 1 aliphatic heterocycles. The standard InChI is InChI=1S/C13H17FN4O2/c1-16(2)13(20)18-7-5-17(6-8-18)12(19)10-3-4-11(14)15-9-10/h3-4,9H,5-8H2,1-2H3. The van der Waals surface area contributed by atoms with E-state index in [1.54, 1.807) is 23.9 Å². The topological polar surface area (TPSA) is 56.8 Å². The highest BCUT2D eigenvalue weighted by atomic mass is 19.1. The average Bonchev–Trinajstić information content (AvgIpc) is 2.46. The number of nitrogens with zero attached hydrogens (tertiary/aromatic N) is 4. The molecule has 0 aliphatic carbocycles. The summed E-state index contributed by atoms with van der Waals surface area (Å²) in [6.07, 6.45) is 1.23. The molecule has 0 spiro atoms. The van der Waals surface area contributed by atoms with Gasteiger partial charge in [-0.25, -0.2) is 9.78 Å². The van der Waals surface area contributed by atoms with Gasteiger partial charge in [0, 0.05) is 46.5 Å². The molecule has 0 aromatic carbocycles. The van der Waals surface area contributed by atoms with E-state index in [-0.39, 0.29) is 11.9 Å². The molecular formula is C13H17FN4O2. The van der Waals surface area contributed by atoms with Crippen LogP contribution in [-0.2, 0) is 0 Å². The van der Waals surface area contributed by atoms with E-state index in [0.717, 1.165) is 0 Å². The van der Waals surface area contributed by atoms with E-state index in [9.17, 15) is 14.0 Å². The molecule has 1 fully saturated rings. The van der Waals surface area contributed by atoms with Crippen molar-refractivity contribution in [1.82, 2.24) is 19.7 Å². The Morgan fingerprint density at radius 2 is 1.75 bits per heavy atom. The van der Waals surface area contributed by atoms with Crippen LogP contribution in [0.15, 0.2) is 18.3 Å². The number of urea groups is 1. The molecule has 2 heterocycles. The van der Waals surface area contributed by atoms with Crippen molar-refractivity contribution in [3.63, 3.8) is 0 Å². The van der Waals surface area contributed by atoms with Crippen LogP contribution in [0, 0.1) is 5.95 Å². The third-order valence-electron chi connectivity index (χ3n) is 3.19. The first kappa shape index (κ1) is 14.2. The van der Waals surface area contributed by atoms with Gasteiger partial charge in [0.25, 0.3) is 5.91 Å². The van der Waals surface area contributed by atoms with Gasteiger partial charge in [-0.2, -0.15) is 4.39 Å². The Hall–Kier alpha value is -2.18. The zero-order valence-corrected chi connectivity index (χ0v) is 11.5. The minimum atomic E-state index is -0.608. The molecule has 7 heteroatoms. The highest BCUT2D eigenvalue weighted by Gasteiger charge is 2.25. The minimum absolute atomic E-state index is 0.0550. The summed E-state index contributed by atoms with van der Waals surface area (Å²) in [5, 5.41) is 0. The zero-order chi connectivity index (χ0) is 14.7. The summed E-state index contributed by atoms with van der Waals surface area (Å²) >= 11 is 0. The first-order valence-electron chi connectivity index (χ1n) is 6.36. The first-order chi connectivity index (χ1) is 9.49. The Morgan fingerprint density at radius 3 is 2.25 bits per heavy atom. The number of carbonyl (C=O) groups excluding carboxylic acids is 2. The third-order valence-corrected chi connectivity index (χ3v) is 3.19. The van der Waals surface area contributed by atoms with Crippen molar-refractivity contribution >= 4 is 11.9 Å². The van der Waals surface area contributed by atoms with Crippen molar-refractivity contribution in [2.75, 3.05) is 40.3 Å². The minimum Gasteiger partial charge on any atom is -0.335 e. The van der Waals surface area contributed by atoms with Gasteiger partial charge in [0.1, 0.15) is 0 Å². The Kier molecular flexibility index (Phi) is 4.16. The number of halogens is 1. The highest BCUT2D eigenvalue weighted by Crippen LogP contribution is 2.09. The average molecular weight is 280 g/mol. The highest BCUT2D eigenvalue weighted by molar-refractivity contribution is 5.94. The van der Waals surface area contributed by atoms with Gasteiger partial charge >= 0.3 is 6.03 Å². The number of amides is 3. The van der Waals surface area contributed by atoms with Crippen molar-refractivity contribution < 1.29 is 14.0 Å². The fourth-order valence-electron chi connectivity index (χ4n) is 2.07. The van der Waals surface area contributed by atoms with Gasteiger partial charge in [-0.1, -0.05) is 0 Å². The zero-order valence-electron chi connectivity index (χ0n) is 11.5. The SMILES string of the molecule is CN(C)C(=O)N1CCN(C(=O)c2ccc(F)nc2)CC1. The summed E-state index contributed by atoms with van der Waals surface area (Å²) in [6, 6.07) is 2.53. The second-order valence-electron chi connectivity index (χ2n) is 4.83. The van der Waals surface area contributed by atoms with Crippen LogP contribution in [-0.4, -0.2) is 71.9 Å². The molecule has 0 unspecified atom stereocenters. The van der Waals surface area contributed by atoms with E-state index in [4.69, 9.17) is 0 Å². The normalized spacial score (nSPS) is 15.2. The lowest BCUT2D eigenvalue weighted by molar-refractivity contribution is 0.0649. The largest absolute Gasteiger partial charge is 0.335 e. The first-order valence-corrected chi connectivity index (χ1v) is 6.36. The summed E-state index contributed by atoms with van der Waals surface area (Å²) in [7, 11) is 3.40. The maximum absolute atomic E-state index is 12.7. The molecule has 1 aliphatic rings. The van der Waals surface area contributed by atoms with Gasteiger partial charge in [0.2, 0.25) is 5.95 Å². The van der Waals surface area contributed by atoms with Gasteiger partial charge in [0.15, 0.2) is 0 Å². The van der Waals surface area contributed by atoms with Crippen molar-refractivity contribution in [3.05, 3.63) is 29.8 Å². The van der Waals surface area contributed by atoms with E-state index in [2.05, 4.69) is 4.98 Å². The van der Waals surface area contributed by atoms with Crippen LogP contribution in [0.25, 0.3) is 0 Å². The van der Waals surface area contributed by atoms with Crippen LogP contribution >= 0.6 is 0 Å². The number of carbonyl (C=O) groups is 2. The van der Waals surface area contributed by atoms with Crippen molar-refractivity contribution in [3.8, 4) is 0 Å². The summed E-state index contributed by atoms with van der Waals surface area (Å²) in [5.41, 5.74) is 0.360. The third kappa shape index (κ3) is 3.04. The number of pyridine rings is 1. The Labute approximate surface area is 116 Å². The van der Waals surface area contributed by atoms with Crippen molar-refractivity contribution in [2.45, 2.75) is 0 Å². The summed E-state index contributed by atoms with van der Waals surface area (Å²) in [4.78, 5) is 32.3. The molecule has 1 aromatic heterocycles. The van der Waals surface area contributed by atoms with E-state index < -0.39 is 5.95 Å². The molecule has 0 bridgehead atoms. The van der Waals surface area contributed by atoms with Gasteiger partial charge in [-0.3, -0.25) is 4.79 Å². The monoisotopic (exact) mass is 280 g/mol. The molecule has 0 radical (unpaired) electrons. The summed E-state index contributed by atoms with van der Waals surface area (Å²) < 4.78 is 12.7. The van der Waals surface area contributed by atoms with Gasteiger partial charge < -0.3 is 14.7 Å². The molecule has 2 rings (SSSR count). The van der Waals surface area contributed by atoms with Gasteiger partial charge in [-0.05, 0) is 12.1 Å². The maximum Gasteiger partial charge on any atom is 0.319 e. The van der Waals surface area contributed by atoms with Crippen LogP contribution < -0.4 is 0 Å². The van der Waals surface area contributed by atoms with E-state index >= 15 is 0 Å². The van der Waals surface area contributed by atoms with Crippen LogP contribution in [0.2, 0.25) is 0 Å². The fourth-order valence-corrected chi connectivity index (χ4v) is 2.07. The maximum atomic E-state index is 12.7. The van der Waals surface area contributed by atoms with Crippen LogP contribution in [0.4, 0.5) is 9.18 Å². The number of hydrogen-bond acceptors (Lipinski definition) is 3. The second kappa shape index (κ2) is 5.85. The van der Waals surface area contributed by atoms with E-state index in [0.29, 0.717) is 31.7 Å². The lowest BCUT2D eigenvalue weighted by Crippen LogP contribution is -2.52. The molecule has 0 saturated carbocycles. The predicted molar refractivity (Wildman–Crippen MR) is 70.8 cm³/mol. The lowest BCUT2D eigenvalue weighted by atomic mass is 10.2. The molecular weight excluding hydrogens is 263 g/mol. The molecule has 1 aromatic rings. The summed E-state index contributed by atoms with van der Waals surface area (Å²) in [6.45, 7) is 1.93. The summed E-state index contributed by atoms with van der Waals surface area (Å²) in [5.74, 6) is -0.794. The van der Waals surface area contributed by atoms with Crippen molar-refractivity contribution in [1.29, 1.82) is 0 Å². The second-order valence-corrected chi connectivity index (χ2v) is 4.83. The molecule has 0 N–H and O–H groups in total. The number of piperazine rings is 1. The molecule has 108 valence electrons. The lowest BCUT2D eigenvalue weighted by Gasteiger charge is -2.35. The van der Waals surface area contributed by atoms with Gasteiger partial charge in [-0.15, -0.1) is 0 Å². The van der Waals surface area contributed by atoms with Crippen LogP contribution in [0.3, 0.4) is 0 Å². The fraction of sp³-hybridized carbons (Fsp3) is 0.462. The van der Waals surface area contributed by atoms with E-state index in [1.807, 2.05) is 0 Å². The number of rotatable bonds is 1. The number of aromatic nitrogens is 1. The molecule has 6 nitrogen and oxygen atoms in total. The van der Waals surface area contributed by atoms with E-state index in [1.165, 1.54) is 23.2 Å². The molecule has 0 atom stereocenters.